The average molecular weight is 290 g/mol. The molecule has 13 heavy (non-hydrogen) atoms. The van der Waals surface area contributed by atoms with Crippen molar-refractivity contribution in [1.29, 1.82) is 0 Å². The smallest absolute Gasteiger partial charge is 0.0208 e. The van der Waals surface area contributed by atoms with Crippen LogP contribution in [0, 0.1) is 3.57 Å². The Morgan fingerprint density at radius 3 is 2.54 bits per heavy atom. The predicted molar refractivity (Wildman–Crippen MR) is 64.5 cm³/mol. The molecule has 2 nitrogen and oxygen atoms in total. The Balaban J connectivity index is 2.41. The van der Waals surface area contributed by atoms with Gasteiger partial charge < -0.3 is 11.1 Å². The first-order chi connectivity index (χ1) is 6.22. The lowest BCUT2D eigenvalue weighted by atomic mass is 10.2. The largest absolute Gasteiger partial charge is 0.329 e. The molecule has 1 aromatic rings. The van der Waals surface area contributed by atoms with E-state index in [2.05, 4.69) is 59.1 Å². The Kier molecular flexibility index (Phi) is 4.69. The molecule has 0 aromatic heterocycles. The van der Waals surface area contributed by atoms with Gasteiger partial charge >= 0.3 is 0 Å². The van der Waals surface area contributed by atoms with Gasteiger partial charge in [-0.05, 0) is 47.2 Å². The fourth-order valence-corrected chi connectivity index (χ4v) is 1.34. The van der Waals surface area contributed by atoms with E-state index in [1.54, 1.807) is 0 Å². The number of halogens is 1. The zero-order chi connectivity index (χ0) is 9.68. The van der Waals surface area contributed by atoms with Gasteiger partial charge in [0.1, 0.15) is 0 Å². The summed E-state index contributed by atoms with van der Waals surface area (Å²) in [5.41, 5.74) is 6.80. The molecule has 0 radical (unpaired) electrons. The molecule has 0 amide bonds. The Hall–Kier alpha value is -0.130. The molecule has 0 aliphatic carbocycles. The van der Waals surface area contributed by atoms with Crippen molar-refractivity contribution in [2.45, 2.75) is 19.5 Å². The third-order valence-corrected chi connectivity index (χ3v) is 2.64. The van der Waals surface area contributed by atoms with E-state index in [0.717, 1.165) is 6.54 Å². The monoisotopic (exact) mass is 290 g/mol. The zero-order valence-electron chi connectivity index (χ0n) is 7.76. The van der Waals surface area contributed by atoms with E-state index >= 15 is 0 Å². The summed E-state index contributed by atoms with van der Waals surface area (Å²) in [7, 11) is 0. The van der Waals surface area contributed by atoms with Gasteiger partial charge in [-0.1, -0.05) is 12.1 Å². The summed E-state index contributed by atoms with van der Waals surface area (Å²) in [6.07, 6.45) is 0. The van der Waals surface area contributed by atoms with Gasteiger partial charge in [-0.3, -0.25) is 0 Å². The van der Waals surface area contributed by atoms with Crippen molar-refractivity contribution in [3.05, 3.63) is 33.4 Å². The molecule has 1 rings (SSSR count). The normalized spacial score (nSPS) is 12.8. The number of hydrogen-bond acceptors (Lipinski definition) is 2. The van der Waals surface area contributed by atoms with Gasteiger partial charge in [0.25, 0.3) is 0 Å². The summed E-state index contributed by atoms with van der Waals surface area (Å²) in [4.78, 5) is 0. The van der Waals surface area contributed by atoms with E-state index in [0.29, 0.717) is 12.6 Å². The van der Waals surface area contributed by atoms with Crippen molar-refractivity contribution in [2.24, 2.45) is 5.73 Å². The van der Waals surface area contributed by atoms with Crippen molar-refractivity contribution < 1.29 is 0 Å². The lowest BCUT2D eigenvalue weighted by Gasteiger charge is -2.10. The van der Waals surface area contributed by atoms with Crippen LogP contribution in [0.5, 0.6) is 0 Å². The van der Waals surface area contributed by atoms with Gasteiger partial charge in [0.05, 0.1) is 0 Å². The summed E-state index contributed by atoms with van der Waals surface area (Å²) in [5.74, 6) is 0. The van der Waals surface area contributed by atoms with Gasteiger partial charge in [0.15, 0.2) is 0 Å². The summed E-state index contributed by atoms with van der Waals surface area (Å²) in [6, 6.07) is 8.89. The topological polar surface area (TPSA) is 38.0 Å². The van der Waals surface area contributed by atoms with E-state index < -0.39 is 0 Å². The third-order valence-electron chi connectivity index (χ3n) is 1.92. The van der Waals surface area contributed by atoms with E-state index in [1.165, 1.54) is 9.13 Å². The summed E-state index contributed by atoms with van der Waals surface area (Å²) >= 11 is 2.31. The first kappa shape index (κ1) is 10.9. The molecule has 0 heterocycles. The van der Waals surface area contributed by atoms with Crippen LogP contribution in [0.15, 0.2) is 24.3 Å². The minimum Gasteiger partial charge on any atom is -0.329 e. The second kappa shape index (κ2) is 5.57. The van der Waals surface area contributed by atoms with Crippen LogP contribution in [0.2, 0.25) is 0 Å². The average Bonchev–Trinajstić information content (AvgIpc) is 2.16. The quantitative estimate of drug-likeness (QED) is 0.829. The van der Waals surface area contributed by atoms with Crippen LogP contribution in [0.3, 0.4) is 0 Å². The van der Waals surface area contributed by atoms with E-state index in [-0.39, 0.29) is 0 Å². The van der Waals surface area contributed by atoms with Gasteiger partial charge in [-0.15, -0.1) is 0 Å². The number of benzene rings is 1. The highest BCUT2D eigenvalue weighted by Crippen LogP contribution is 2.06. The maximum atomic E-state index is 5.50. The molecule has 1 atom stereocenters. The minimum absolute atomic E-state index is 0.388. The molecule has 3 N–H and O–H groups in total. The Bertz CT molecular complexity index is 246. The Morgan fingerprint density at radius 2 is 2.00 bits per heavy atom. The molecule has 0 aliphatic rings. The lowest BCUT2D eigenvalue weighted by Crippen LogP contribution is -2.32. The van der Waals surface area contributed by atoms with Crippen molar-refractivity contribution in [2.75, 3.05) is 6.54 Å². The van der Waals surface area contributed by atoms with Crippen molar-refractivity contribution in [1.82, 2.24) is 5.32 Å². The molecule has 3 heteroatoms. The molecule has 0 saturated carbocycles. The SMILES string of the molecule is C[C@H](CN)NCc1ccc(I)cc1. The number of rotatable bonds is 4. The second-order valence-electron chi connectivity index (χ2n) is 3.14. The van der Waals surface area contributed by atoms with Crippen LogP contribution in [0.4, 0.5) is 0 Å². The van der Waals surface area contributed by atoms with Crippen LogP contribution in [-0.4, -0.2) is 12.6 Å². The number of nitrogens with one attached hydrogen (secondary N) is 1. The number of hydrogen-bond donors (Lipinski definition) is 2. The van der Waals surface area contributed by atoms with Crippen LogP contribution in [-0.2, 0) is 6.54 Å². The zero-order valence-corrected chi connectivity index (χ0v) is 9.91. The fraction of sp³-hybridized carbons (Fsp3) is 0.400. The van der Waals surface area contributed by atoms with Crippen molar-refractivity contribution >= 4 is 22.6 Å². The first-order valence-electron chi connectivity index (χ1n) is 4.40. The third kappa shape index (κ3) is 4.06. The van der Waals surface area contributed by atoms with E-state index in [1.807, 2.05) is 0 Å². The molecule has 0 aliphatic heterocycles. The van der Waals surface area contributed by atoms with Crippen LogP contribution < -0.4 is 11.1 Å². The van der Waals surface area contributed by atoms with E-state index in [9.17, 15) is 0 Å². The highest BCUT2D eigenvalue weighted by molar-refractivity contribution is 14.1. The van der Waals surface area contributed by atoms with Gasteiger partial charge in [-0.25, -0.2) is 0 Å². The Labute approximate surface area is 93.0 Å². The Morgan fingerprint density at radius 1 is 1.38 bits per heavy atom. The molecule has 0 saturated heterocycles. The van der Waals surface area contributed by atoms with E-state index in [4.69, 9.17) is 5.73 Å². The fourth-order valence-electron chi connectivity index (χ4n) is 0.978. The molecular weight excluding hydrogens is 275 g/mol. The standard InChI is InChI=1S/C10H15IN2/c1-8(6-12)13-7-9-2-4-10(11)5-3-9/h2-5,8,13H,6-7,12H2,1H3/t8-/m1/s1. The van der Waals surface area contributed by atoms with Crippen LogP contribution in [0.25, 0.3) is 0 Å². The molecule has 0 bridgehead atoms. The van der Waals surface area contributed by atoms with Crippen molar-refractivity contribution in [3.8, 4) is 0 Å². The summed E-state index contributed by atoms with van der Waals surface area (Å²) in [6.45, 7) is 3.67. The first-order valence-corrected chi connectivity index (χ1v) is 5.48. The summed E-state index contributed by atoms with van der Waals surface area (Å²) < 4.78 is 1.27. The molecular formula is C10H15IN2. The molecule has 72 valence electrons. The highest BCUT2D eigenvalue weighted by atomic mass is 127. The highest BCUT2D eigenvalue weighted by Gasteiger charge is 1.97. The molecule has 0 unspecified atom stereocenters. The molecule has 0 fully saturated rings. The van der Waals surface area contributed by atoms with Crippen molar-refractivity contribution in [3.63, 3.8) is 0 Å². The molecule has 1 aromatic carbocycles. The number of nitrogens with two attached hydrogens (primary N) is 1. The van der Waals surface area contributed by atoms with Gasteiger partial charge in [0.2, 0.25) is 0 Å². The van der Waals surface area contributed by atoms with Crippen LogP contribution >= 0.6 is 22.6 Å². The van der Waals surface area contributed by atoms with Crippen LogP contribution in [0.1, 0.15) is 12.5 Å². The predicted octanol–water partition coefficient (Wildman–Crippen LogP) is 1.73. The second-order valence-corrected chi connectivity index (χ2v) is 4.39. The maximum Gasteiger partial charge on any atom is 0.0208 e. The van der Waals surface area contributed by atoms with Gasteiger partial charge in [-0.2, -0.15) is 0 Å². The summed E-state index contributed by atoms with van der Waals surface area (Å²) in [5, 5.41) is 3.34. The maximum absolute atomic E-state index is 5.50. The minimum atomic E-state index is 0.388. The lowest BCUT2D eigenvalue weighted by molar-refractivity contribution is 0.556. The van der Waals surface area contributed by atoms with Gasteiger partial charge in [0, 0.05) is 22.7 Å². The molecule has 0 spiro atoms.